The quantitative estimate of drug-likeness (QED) is 0.358. The Morgan fingerprint density at radius 1 is 1.06 bits per heavy atom. The standard InChI is InChI=1S/C27H27NO4/c1-3-30-26(29)16-21-8-4-5-10-25(21)32-18(2)23-14-22-11-12-31-27(22)24(15-23)20-9-6-7-19(13-20)17-28/h4-15,18H,3,16-17,28H2,1-2H3. The molecule has 1 atom stereocenters. The van der Waals surface area contributed by atoms with Gasteiger partial charge in [-0.15, -0.1) is 0 Å². The molecular weight excluding hydrogens is 402 g/mol. The maximum atomic E-state index is 12.0. The fourth-order valence-corrected chi connectivity index (χ4v) is 3.81. The van der Waals surface area contributed by atoms with Crippen molar-refractivity contribution in [3.63, 3.8) is 0 Å². The van der Waals surface area contributed by atoms with Gasteiger partial charge in [-0.3, -0.25) is 4.79 Å². The zero-order chi connectivity index (χ0) is 22.5. The number of hydrogen-bond donors (Lipinski definition) is 1. The fourth-order valence-electron chi connectivity index (χ4n) is 3.81. The molecule has 1 unspecified atom stereocenters. The molecule has 0 aliphatic carbocycles. The van der Waals surface area contributed by atoms with E-state index in [2.05, 4.69) is 24.3 Å². The van der Waals surface area contributed by atoms with Crippen molar-refractivity contribution >= 4 is 16.9 Å². The van der Waals surface area contributed by atoms with Crippen LogP contribution in [0.4, 0.5) is 0 Å². The van der Waals surface area contributed by atoms with E-state index in [0.29, 0.717) is 18.9 Å². The van der Waals surface area contributed by atoms with Crippen molar-refractivity contribution in [2.45, 2.75) is 32.9 Å². The number of carbonyl (C=O) groups is 1. The van der Waals surface area contributed by atoms with Gasteiger partial charge < -0.3 is 19.6 Å². The molecule has 1 heterocycles. The molecule has 0 amide bonds. The lowest BCUT2D eigenvalue weighted by Gasteiger charge is -2.19. The molecule has 5 heteroatoms. The van der Waals surface area contributed by atoms with Crippen molar-refractivity contribution in [1.29, 1.82) is 0 Å². The molecule has 0 radical (unpaired) electrons. The lowest BCUT2D eigenvalue weighted by Crippen LogP contribution is -2.10. The highest BCUT2D eigenvalue weighted by atomic mass is 16.5. The zero-order valence-corrected chi connectivity index (χ0v) is 18.3. The highest BCUT2D eigenvalue weighted by Crippen LogP contribution is 2.35. The minimum Gasteiger partial charge on any atom is -0.486 e. The Morgan fingerprint density at radius 2 is 1.91 bits per heavy atom. The van der Waals surface area contributed by atoms with Crippen molar-refractivity contribution in [1.82, 2.24) is 0 Å². The Balaban J connectivity index is 1.67. The molecule has 1 aromatic heterocycles. The zero-order valence-electron chi connectivity index (χ0n) is 18.3. The number of esters is 1. The Morgan fingerprint density at radius 3 is 2.72 bits per heavy atom. The Bertz CT molecular complexity index is 1230. The molecule has 5 nitrogen and oxygen atoms in total. The predicted octanol–water partition coefficient (Wildman–Crippen LogP) is 5.80. The number of ether oxygens (including phenoxy) is 2. The summed E-state index contributed by atoms with van der Waals surface area (Å²) in [6.07, 6.45) is 1.63. The summed E-state index contributed by atoms with van der Waals surface area (Å²) < 4.78 is 17.2. The van der Waals surface area contributed by atoms with E-state index in [4.69, 9.17) is 19.6 Å². The first-order valence-electron chi connectivity index (χ1n) is 10.8. The van der Waals surface area contributed by atoms with Gasteiger partial charge in [0.05, 0.1) is 19.3 Å². The number of furan rings is 1. The van der Waals surface area contributed by atoms with Crippen molar-refractivity contribution in [3.8, 4) is 16.9 Å². The second-order valence-electron chi connectivity index (χ2n) is 7.66. The van der Waals surface area contributed by atoms with Crippen molar-refractivity contribution in [2.75, 3.05) is 6.61 Å². The number of carbonyl (C=O) groups excluding carboxylic acids is 1. The summed E-state index contributed by atoms with van der Waals surface area (Å²) >= 11 is 0. The molecule has 0 aliphatic rings. The second-order valence-corrected chi connectivity index (χ2v) is 7.66. The molecule has 164 valence electrons. The first-order valence-corrected chi connectivity index (χ1v) is 10.8. The van der Waals surface area contributed by atoms with E-state index in [1.807, 2.05) is 49.4 Å². The van der Waals surface area contributed by atoms with Crippen molar-refractivity contribution in [2.24, 2.45) is 5.73 Å². The Labute approximate surface area is 187 Å². The molecule has 0 saturated carbocycles. The van der Waals surface area contributed by atoms with Crippen LogP contribution in [0.15, 0.2) is 77.4 Å². The summed E-state index contributed by atoms with van der Waals surface area (Å²) in [4.78, 5) is 12.0. The van der Waals surface area contributed by atoms with Crippen LogP contribution in [0.5, 0.6) is 5.75 Å². The monoisotopic (exact) mass is 429 g/mol. The normalized spacial score (nSPS) is 12.0. The first-order chi connectivity index (χ1) is 15.6. The summed E-state index contributed by atoms with van der Waals surface area (Å²) in [5, 5.41) is 1.01. The molecule has 4 rings (SSSR count). The van der Waals surface area contributed by atoms with Crippen LogP contribution in [0, 0.1) is 0 Å². The molecule has 0 aliphatic heterocycles. The summed E-state index contributed by atoms with van der Waals surface area (Å²) in [5.41, 5.74) is 11.6. The Kier molecular flexibility index (Phi) is 6.57. The lowest BCUT2D eigenvalue weighted by atomic mass is 9.97. The number of hydrogen-bond acceptors (Lipinski definition) is 5. The minimum absolute atomic E-state index is 0.175. The van der Waals surface area contributed by atoms with Crippen LogP contribution in [0.1, 0.15) is 36.6 Å². The van der Waals surface area contributed by atoms with Gasteiger partial charge >= 0.3 is 5.97 Å². The van der Waals surface area contributed by atoms with E-state index in [9.17, 15) is 4.79 Å². The molecule has 2 N–H and O–H groups in total. The van der Waals surface area contributed by atoms with Crippen LogP contribution < -0.4 is 10.5 Å². The molecular formula is C27H27NO4. The third-order valence-corrected chi connectivity index (χ3v) is 5.43. The van der Waals surface area contributed by atoms with E-state index in [0.717, 1.165) is 38.8 Å². The van der Waals surface area contributed by atoms with E-state index in [1.165, 1.54) is 0 Å². The molecule has 32 heavy (non-hydrogen) atoms. The van der Waals surface area contributed by atoms with Crippen LogP contribution in [-0.4, -0.2) is 12.6 Å². The minimum atomic E-state index is -0.266. The van der Waals surface area contributed by atoms with Crippen LogP contribution in [0.25, 0.3) is 22.1 Å². The molecule has 0 saturated heterocycles. The van der Waals surface area contributed by atoms with Crippen LogP contribution >= 0.6 is 0 Å². The molecule has 0 spiro atoms. The Hall–Kier alpha value is -3.57. The van der Waals surface area contributed by atoms with E-state index in [-0.39, 0.29) is 18.5 Å². The number of rotatable bonds is 8. The number of para-hydroxylation sites is 1. The first kappa shape index (κ1) is 21.7. The molecule has 3 aromatic carbocycles. The molecule has 4 aromatic rings. The molecule has 0 bridgehead atoms. The average Bonchev–Trinajstić information content (AvgIpc) is 3.28. The topological polar surface area (TPSA) is 74.7 Å². The fraction of sp³-hybridized carbons (Fsp3) is 0.222. The van der Waals surface area contributed by atoms with Crippen LogP contribution in [0.2, 0.25) is 0 Å². The highest BCUT2D eigenvalue weighted by Gasteiger charge is 2.17. The third kappa shape index (κ3) is 4.68. The maximum Gasteiger partial charge on any atom is 0.310 e. The number of nitrogens with two attached hydrogens (primary N) is 1. The maximum absolute atomic E-state index is 12.0. The summed E-state index contributed by atoms with van der Waals surface area (Å²) in [7, 11) is 0. The largest absolute Gasteiger partial charge is 0.486 e. The number of benzene rings is 3. The SMILES string of the molecule is CCOC(=O)Cc1ccccc1OC(C)c1cc(-c2cccc(CN)c2)c2occc2c1. The predicted molar refractivity (Wildman–Crippen MR) is 125 cm³/mol. The van der Waals surface area contributed by atoms with Crippen LogP contribution in [0.3, 0.4) is 0 Å². The summed E-state index contributed by atoms with van der Waals surface area (Å²) in [6, 6.07) is 21.9. The van der Waals surface area contributed by atoms with Gasteiger partial charge in [-0.2, -0.15) is 0 Å². The van der Waals surface area contributed by atoms with Gasteiger partial charge in [0.1, 0.15) is 17.4 Å². The second kappa shape index (κ2) is 9.71. The van der Waals surface area contributed by atoms with Gasteiger partial charge in [-0.1, -0.05) is 36.4 Å². The van der Waals surface area contributed by atoms with Gasteiger partial charge in [0.2, 0.25) is 0 Å². The van der Waals surface area contributed by atoms with Crippen LogP contribution in [-0.2, 0) is 22.5 Å². The van der Waals surface area contributed by atoms with E-state index >= 15 is 0 Å². The van der Waals surface area contributed by atoms with Gasteiger partial charge in [-0.05, 0) is 60.9 Å². The van der Waals surface area contributed by atoms with Gasteiger partial charge in [-0.25, -0.2) is 0 Å². The van der Waals surface area contributed by atoms with E-state index in [1.54, 1.807) is 13.2 Å². The molecule has 0 fully saturated rings. The van der Waals surface area contributed by atoms with Crippen molar-refractivity contribution in [3.05, 3.63) is 89.7 Å². The third-order valence-electron chi connectivity index (χ3n) is 5.43. The smallest absolute Gasteiger partial charge is 0.310 e. The van der Waals surface area contributed by atoms with Gasteiger partial charge in [0.25, 0.3) is 0 Å². The highest BCUT2D eigenvalue weighted by molar-refractivity contribution is 5.93. The number of fused-ring (bicyclic) bond motifs is 1. The van der Waals surface area contributed by atoms with Gasteiger partial charge in [0, 0.05) is 23.1 Å². The lowest BCUT2D eigenvalue weighted by molar-refractivity contribution is -0.142. The van der Waals surface area contributed by atoms with Gasteiger partial charge in [0.15, 0.2) is 0 Å². The van der Waals surface area contributed by atoms with Crippen molar-refractivity contribution < 1.29 is 18.7 Å². The van der Waals surface area contributed by atoms with E-state index < -0.39 is 0 Å². The summed E-state index contributed by atoms with van der Waals surface area (Å²) in [5.74, 6) is 0.408. The average molecular weight is 430 g/mol. The summed E-state index contributed by atoms with van der Waals surface area (Å²) in [6.45, 7) is 4.64.